The zero-order valence-electron chi connectivity index (χ0n) is 13.8. The van der Waals surface area contributed by atoms with Crippen LogP contribution in [0.5, 0.6) is 5.75 Å². The lowest BCUT2D eigenvalue weighted by Gasteiger charge is -2.15. The lowest BCUT2D eigenvalue weighted by Crippen LogP contribution is -2.27. The molecule has 0 aliphatic heterocycles. The Morgan fingerprint density at radius 1 is 1.12 bits per heavy atom. The lowest BCUT2D eigenvalue weighted by atomic mass is 10.1. The molecule has 1 unspecified atom stereocenters. The largest absolute Gasteiger partial charge is 0.491 e. The summed E-state index contributed by atoms with van der Waals surface area (Å²) in [5, 5.41) is 11.8. The van der Waals surface area contributed by atoms with Crippen LogP contribution < -0.4 is 10.1 Å². The highest BCUT2D eigenvalue weighted by Gasteiger charge is 2.14. The summed E-state index contributed by atoms with van der Waals surface area (Å²) in [6.45, 7) is 5.75. The van der Waals surface area contributed by atoms with Crippen molar-refractivity contribution in [2.24, 2.45) is 0 Å². The smallest absolute Gasteiger partial charge is 0.335 e. The van der Waals surface area contributed by atoms with Gasteiger partial charge >= 0.3 is 5.97 Å². The standard InChI is InChI=1S/C18H20N2O4/c1-11(2)24-15-6-4-13(5-7-15)12(3)20-17(21)16-10-14(18(22)23)8-9-19-16/h4-12H,1-3H3,(H,20,21)(H,22,23). The van der Waals surface area contributed by atoms with Crippen molar-refractivity contribution in [1.82, 2.24) is 10.3 Å². The summed E-state index contributed by atoms with van der Waals surface area (Å²) in [4.78, 5) is 27.1. The van der Waals surface area contributed by atoms with E-state index in [0.717, 1.165) is 11.3 Å². The van der Waals surface area contributed by atoms with Crippen LogP contribution in [0.15, 0.2) is 42.6 Å². The number of nitrogens with zero attached hydrogens (tertiary/aromatic N) is 1. The Bertz CT molecular complexity index is 726. The van der Waals surface area contributed by atoms with Gasteiger partial charge in [0.1, 0.15) is 11.4 Å². The van der Waals surface area contributed by atoms with Crippen LogP contribution in [0.3, 0.4) is 0 Å². The van der Waals surface area contributed by atoms with E-state index in [1.54, 1.807) is 0 Å². The summed E-state index contributed by atoms with van der Waals surface area (Å²) in [5.41, 5.74) is 1.01. The maximum Gasteiger partial charge on any atom is 0.335 e. The molecule has 2 aromatic rings. The fourth-order valence-electron chi connectivity index (χ4n) is 2.15. The summed E-state index contributed by atoms with van der Waals surface area (Å²) in [5.74, 6) is -0.753. The van der Waals surface area contributed by atoms with Crippen molar-refractivity contribution in [3.63, 3.8) is 0 Å². The normalized spacial score (nSPS) is 11.8. The average molecular weight is 328 g/mol. The number of hydrogen-bond donors (Lipinski definition) is 2. The van der Waals surface area contributed by atoms with E-state index in [-0.39, 0.29) is 23.4 Å². The van der Waals surface area contributed by atoms with Gasteiger partial charge in [0.25, 0.3) is 5.91 Å². The molecule has 1 amide bonds. The number of carboxylic acid groups (broad SMARTS) is 1. The minimum absolute atomic E-state index is 0.0259. The Hall–Kier alpha value is -2.89. The molecule has 126 valence electrons. The van der Waals surface area contributed by atoms with Crippen LogP contribution in [0.2, 0.25) is 0 Å². The zero-order chi connectivity index (χ0) is 17.7. The Labute approximate surface area is 140 Å². The molecule has 1 atom stereocenters. The van der Waals surface area contributed by atoms with Crippen molar-refractivity contribution in [2.75, 3.05) is 0 Å². The van der Waals surface area contributed by atoms with E-state index in [1.165, 1.54) is 18.3 Å². The minimum Gasteiger partial charge on any atom is -0.491 e. The predicted octanol–water partition coefficient (Wildman–Crippen LogP) is 3.06. The molecule has 6 nitrogen and oxygen atoms in total. The van der Waals surface area contributed by atoms with E-state index in [4.69, 9.17) is 9.84 Å². The number of carboxylic acids is 1. The van der Waals surface area contributed by atoms with Gasteiger partial charge in [-0.15, -0.1) is 0 Å². The number of ether oxygens (including phenoxy) is 1. The number of amides is 1. The number of nitrogens with one attached hydrogen (secondary N) is 1. The predicted molar refractivity (Wildman–Crippen MR) is 89.3 cm³/mol. The molecule has 2 N–H and O–H groups in total. The highest BCUT2D eigenvalue weighted by molar-refractivity contribution is 5.95. The average Bonchev–Trinajstić information content (AvgIpc) is 2.55. The molecule has 0 radical (unpaired) electrons. The number of pyridine rings is 1. The summed E-state index contributed by atoms with van der Waals surface area (Å²) < 4.78 is 5.58. The van der Waals surface area contributed by atoms with Crippen LogP contribution in [-0.2, 0) is 0 Å². The molecule has 1 aromatic heterocycles. The monoisotopic (exact) mass is 328 g/mol. The van der Waals surface area contributed by atoms with Crippen molar-refractivity contribution in [1.29, 1.82) is 0 Å². The van der Waals surface area contributed by atoms with Crippen molar-refractivity contribution in [3.8, 4) is 5.75 Å². The van der Waals surface area contributed by atoms with Gasteiger partial charge < -0.3 is 15.2 Å². The molecule has 0 spiro atoms. The van der Waals surface area contributed by atoms with Gasteiger partial charge in [-0.05, 0) is 50.6 Å². The summed E-state index contributed by atoms with van der Waals surface area (Å²) in [7, 11) is 0. The van der Waals surface area contributed by atoms with E-state index >= 15 is 0 Å². The Balaban J connectivity index is 2.05. The van der Waals surface area contributed by atoms with Crippen LogP contribution in [0.1, 0.15) is 53.2 Å². The second-order valence-corrected chi connectivity index (χ2v) is 5.67. The first-order valence-corrected chi connectivity index (χ1v) is 7.63. The van der Waals surface area contributed by atoms with Gasteiger partial charge in [-0.25, -0.2) is 4.79 Å². The number of hydrogen-bond acceptors (Lipinski definition) is 4. The molecule has 0 saturated carbocycles. The summed E-state index contributed by atoms with van der Waals surface area (Å²) in [6, 6.07) is 9.80. The van der Waals surface area contributed by atoms with Crippen molar-refractivity contribution in [2.45, 2.75) is 32.9 Å². The molecule has 6 heteroatoms. The maximum absolute atomic E-state index is 12.2. The lowest BCUT2D eigenvalue weighted by molar-refractivity contribution is 0.0696. The number of aromatic nitrogens is 1. The van der Waals surface area contributed by atoms with E-state index in [9.17, 15) is 9.59 Å². The molecule has 0 aliphatic carbocycles. The topological polar surface area (TPSA) is 88.5 Å². The van der Waals surface area contributed by atoms with Gasteiger partial charge in [-0.1, -0.05) is 12.1 Å². The number of benzene rings is 1. The number of carbonyl (C=O) groups excluding carboxylic acids is 1. The maximum atomic E-state index is 12.2. The number of carbonyl (C=O) groups is 2. The molecule has 0 bridgehead atoms. The number of aromatic carboxylic acids is 1. The minimum atomic E-state index is -1.10. The second-order valence-electron chi connectivity index (χ2n) is 5.67. The van der Waals surface area contributed by atoms with E-state index in [0.29, 0.717) is 0 Å². The van der Waals surface area contributed by atoms with Gasteiger partial charge in [-0.3, -0.25) is 9.78 Å². The first kappa shape index (κ1) is 17.5. The van der Waals surface area contributed by atoms with Crippen LogP contribution in [0.4, 0.5) is 0 Å². The van der Waals surface area contributed by atoms with Crippen LogP contribution in [0.25, 0.3) is 0 Å². The third kappa shape index (κ3) is 4.55. The van der Waals surface area contributed by atoms with Crippen LogP contribution in [-0.4, -0.2) is 28.1 Å². The second kappa shape index (κ2) is 7.59. The molecular weight excluding hydrogens is 308 g/mol. The van der Waals surface area contributed by atoms with Crippen LogP contribution >= 0.6 is 0 Å². The third-order valence-electron chi connectivity index (χ3n) is 3.34. The van der Waals surface area contributed by atoms with Gasteiger partial charge in [0.05, 0.1) is 17.7 Å². The molecule has 2 rings (SSSR count). The van der Waals surface area contributed by atoms with Gasteiger partial charge in [0.2, 0.25) is 0 Å². The Morgan fingerprint density at radius 2 is 1.79 bits per heavy atom. The third-order valence-corrected chi connectivity index (χ3v) is 3.34. The number of rotatable bonds is 6. The van der Waals surface area contributed by atoms with E-state index in [1.807, 2.05) is 45.0 Å². The van der Waals surface area contributed by atoms with Gasteiger partial charge in [-0.2, -0.15) is 0 Å². The first-order valence-electron chi connectivity index (χ1n) is 7.63. The van der Waals surface area contributed by atoms with E-state index < -0.39 is 11.9 Å². The van der Waals surface area contributed by atoms with Crippen molar-refractivity contribution in [3.05, 3.63) is 59.4 Å². The Morgan fingerprint density at radius 3 is 2.38 bits per heavy atom. The fourth-order valence-corrected chi connectivity index (χ4v) is 2.15. The molecule has 0 fully saturated rings. The van der Waals surface area contributed by atoms with Gasteiger partial charge in [0.15, 0.2) is 0 Å². The quantitative estimate of drug-likeness (QED) is 0.851. The highest BCUT2D eigenvalue weighted by Crippen LogP contribution is 2.19. The van der Waals surface area contributed by atoms with Crippen molar-refractivity contribution < 1.29 is 19.4 Å². The first-order chi connectivity index (χ1) is 11.4. The molecule has 24 heavy (non-hydrogen) atoms. The molecule has 1 heterocycles. The van der Waals surface area contributed by atoms with E-state index in [2.05, 4.69) is 10.3 Å². The fraction of sp³-hybridized carbons (Fsp3) is 0.278. The van der Waals surface area contributed by atoms with Gasteiger partial charge in [0, 0.05) is 6.20 Å². The summed E-state index contributed by atoms with van der Waals surface area (Å²) in [6.07, 6.45) is 1.40. The molecular formula is C18H20N2O4. The zero-order valence-corrected chi connectivity index (χ0v) is 13.8. The highest BCUT2D eigenvalue weighted by atomic mass is 16.5. The Kier molecular flexibility index (Phi) is 5.52. The van der Waals surface area contributed by atoms with Crippen LogP contribution in [0, 0.1) is 0 Å². The molecule has 1 aromatic carbocycles. The summed E-state index contributed by atoms with van der Waals surface area (Å²) >= 11 is 0. The SMILES string of the molecule is CC(C)Oc1ccc(C(C)NC(=O)c2cc(C(=O)O)ccn2)cc1. The molecule has 0 aliphatic rings. The molecule has 0 saturated heterocycles. The van der Waals surface area contributed by atoms with Crippen molar-refractivity contribution >= 4 is 11.9 Å².